The Kier molecular flexibility index (Phi) is 5.63. The summed E-state index contributed by atoms with van der Waals surface area (Å²) in [5.74, 6) is -0.387. The maximum Gasteiger partial charge on any atom is 0.416 e. The molecule has 0 atom stereocenters. The minimum Gasteiger partial charge on any atom is -0.387 e. The van der Waals surface area contributed by atoms with E-state index in [1.807, 2.05) is 20.8 Å². The molecule has 21 heavy (non-hydrogen) atoms. The molecule has 0 aliphatic heterocycles. The fourth-order valence-electron chi connectivity index (χ4n) is 2.11. The first-order valence-electron chi connectivity index (χ1n) is 6.92. The monoisotopic (exact) mass is 302 g/mol. The topological polar surface area (TPSA) is 32.3 Å². The second-order valence-corrected chi connectivity index (χ2v) is 5.10. The van der Waals surface area contributed by atoms with Crippen molar-refractivity contribution in [2.45, 2.75) is 39.4 Å². The molecule has 0 bridgehead atoms. The molecule has 6 heteroatoms. The van der Waals surface area contributed by atoms with Gasteiger partial charge in [0.2, 0.25) is 0 Å². The highest BCUT2D eigenvalue weighted by Gasteiger charge is 2.32. The van der Waals surface area contributed by atoms with Gasteiger partial charge in [-0.3, -0.25) is 4.79 Å². The SMILES string of the molecule is CCCN(C(=O)c1cc(C(F)(F)F)ccc1NC)C(C)C. The van der Waals surface area contributed by atoms with Gasteiger partial charge in [-0.25, -0.2) is 0 Å². The Labute approximate surface area is 123 Å². The van der Waals surface area contributed by atoms with Crippen LogP contribution in [0.3, 0.4) is 0 Å². The van der Waals surface area contributed by atoms with E-state index < -0.39 is 11.7 Å². The zero-order valence-corrected chi connectivity index (χ0v) is 12.7. The third-order valence-electron chi connectivity index (χ3n) is 3.20. The summed E-state index contributed by atoms with van der Waals surface area (Å²) in [5.41, 5.74) is -0.366. The molecule has 1 rings (SSSR count). The third kappa shape index (κ3) is 4.12. The van der Waals surface area contributed by atoms with Crippen molar-refractivity contribution in [3.63, 3.8) is 0 Å². The number of carbonyl (C=O) groups is 1. The number of amides is 1. The smallest absolute Gasteiger partial charge is 0.387 e. The van der Waals surface area contributed by atoms with E-state index in [1.54, 1.807) is 11.9 Å². The lowest BCUT2D eigenvalue weighted by molar-refractivity contribution is -0.137. The summed E-state index contributed by atoms with van der Waals surface area (Å²) in [5, 5.41) is 2.78. The Bertz CT molecular complexity index is 498. The molecule has 1 N–H and O–H groups in total. The van der Waals surface area contributed by atoms with Gasteiger partial charge in [0.15, 0.2) is 0 Å². The first-order chi connectivity index (χ1) is 9.72. The molecule has 1 aromatic rings. The van der Waals surface area contributed by atoms with E-state index in [-0.39, 0.29) is 17.5 Å². The first kappa shape index (κ1) is 17.3. The summed E-state index contributed by atoms with van der Waals surface area (Å²) in [6.07, 6.45) is -3.72. The van der Waals surface area contributed by atoms with Gasteiger partial charge in [-0.05, 0) is 38.5 Å². The molecule has 0 fully saturated rings. The van der Waals surface area contributed by atoms with Crippen molar-refractivity contribution in [2.24, 2.45) is 0 Å². The van der Waals surface area contributed by atoms with Crippen LogP contribution in [-0.4, -0.2) is 30.4 Å². The van der Waals surface area contributed by atoms with Crippen LogP contribution in [0.1, 0.15) is 43.1 Å². The number of hydrogen-bond acceptors (Lipinski definition) is 2. The average molecular weight is 302 g/mol. The molecule has 0 radical (unpaired) electrons. The molecule has 0 heterocycles. The fourth-order valence-corrected chi connectivity index (χ4v) is 2.11. The van der Waals surface area contributed by atoms with Crippen LogP contribution in [0.25, 0.3) is 0 Å². The predicted octanol–water partition coefficient (Wildman–Crippen LogP) is 4.01. The number of halogens is 3. The standard InChI is InChI=1S/C15H21F3N2O/c1-5-8-20(10(2)3)14(21)12-9-11(15(16,17)18)6-7-13(12)19-4/h6-7,9-10,19H,5,8H2,1-4H3. The number of nitrogens with zero attached hydrogens (tertiary/aromatic N) is 1. The van der Waals surface area contributed by atoms with E-state index in [1.165, 1.54) is 6.07 Å². The maximum absolute atomic E-state index is 12.8. The van der Waals surface area contributed by atoms with Gasteiger partial charge >= 0.3 is 6.18 Å². The van der Waals surface area contributed by atoms with Crippen LogP contribution in [0, 0.1) is 0 Å². The molecule has 0 spiro atoms. The molecule has 0 aliphatic rings. The van der Waals surface area contributed by atoms with Crippen LogP contribution >= 0.6 is 0 Å². The van der Waals surface area contributed by atoms with Crippen LogP contribution in [-0.2, 0) is 6.18 Å². The number of carbonyl (C=O) groups excluding carboxylic acids is 1. The summed E-state index contributed by atoms with van der Waals surface area (Å²) in [6.45, 7) is 6.13. The number of benzene rings is 1. The molecule has 1 aromatic carbocycles. The molecular weight excluding hydrogens is 281 g/mol. The number of nitrogens with one attached hydrogen (secondary N) is 1. The van der Waals surface area contributed by atoms with Gasteiger partial charge in [0.1, 0.15) is 0 Å². The first-order valence-corrected chi connectivity index (χ1v) is 6.92. The second kappa shape index (κ2) is 6.83. The molecule has 0 aromatic heterocycles. The fraction of sp³-hybridized carbons (Fsp3) is 0.533. The third-order valence-corrected chi connectivity index (χ3v) is 3.20. The molecule has 3 nitrogen and oxygen atoms in total. The Hall–Kier alpha value is -1.72. The predicted molar refractivity (Wildman–Crippen MR) is 77.5 cm³/mol. The quantitative estimate of drug-likeness (QED) is 0.891. The summed E-state index contributed by atoms with van der Waals surface area (Å²) in [6, 6.07) is 3.11. The number of alkyl halides is 3. The van der Waals surface area contributed by atoms with Gasteiger partial charge in [0.05, 0.1) is 11.1 Å². The molecule has 0 aliphatic carbocycles. The molecule has 0 saturated carbocycles. The van der Waals surface area contributed by atoms with Gasteiger partial charge in [-0.1, -0.05) is 6.92 Å². The minimum absolute atomic E-state index is 0.0504. The lowest BCUT2D eigenvalue weighted by Gasteiger charge is -2.27. The highest BCUT2D eigenvalue weighted by molar-refractivity contribution is 6.00. The van der Waals surface area contributed by atoms with Crippen molar-refractivity contribution in [3.05, 3.63) is 29.3 Å². The Morgan fingerprint density at radius 2 is 1.95 bits per heavy atom. The van der Waals surface area contributed by atoms with Gasteiger partial charge in [0.25, 0.3) is 5.91 Å². The zero-order valence-electron chi connectivity index (χ0n) is 12.7. The lowest BCUT2D eigenvalue weighted by atomic mass is 10.1. The maximum atomic E-state index is 12.8. The van der Waals surface area contributed by atoms with Gasteiger partial charge in [-0.2, -0.15) is 13.2 Å². The Balaban J connectivity index is 3.28. The van der Waals surface area contributed by atoms with Crippen LogP contribution < -0.4 is 5.32 Å². The zero-order chi connectivity index (χ0) is 16.2. The van der Waals surface area contributed by atoms with Crippen molar-refractivity contribution < 1.29 is 18.0 Å². The summed E-state index contributed by atoms with van der Waals surface area (Å²) in [4.78, 5) is 14.1. The normalized spacial score (nSPS) is 11.6. The Morgan fingerprint density at radius 3 is 2.38 bits per heavy atom. The van der Waals surface area contributed by atoms with Crippen molar-refractivity contribution in [1.82, 2.24) is 4.90 Å². The highest BCUT2D eigenvalue weighted by Crippen LogP contribution is 2.32. The van der Waals surface area contributed by atoms with E-state index in [4.69, 9.17) is 0 Å². The van der Waals surface area contributed by atoms with E-state index in [0.29, 0.717) is 12.2 Å². The van der Waals surface area contributed by atoms with Crippen molar-refractivity contribution in [3.8, 4) is 0 Å². The summed E-state index contributed by atoms with van der Waals surface area (Å²) in [7, 11) is 1.58. The van der Waals surface area contributed by atoms with E-state index in [0.717, 1.165) is 18.6 Å². The van der Waals surface area contributed by atoms with Crippen LogP contribution in [0.5, 0.6) is 0 Å². The molecular formula is C15H21F3N2O. The van der Waals surface area contributed by atoms with Crippen LogP contribution in [0.2, 0.25) is 0 Å². The molecule has 118 valence electrons. The van der Waals surface area contributed by atoms with E-state index in [9.17, 15) is 18.0 Å². The molecule has 1 amide bonds. The summed E-state index contributed by atoms with van der Waals surface area (Å²) < 4.78 is 38.5. The average Bonchev–Trinajstić information content (AvgIpc) is 2.42. The summed E-state index contributed by atoms with van der Waals surface area (Å²) >= 11 is 0. The Morgan fingerprint density at radius 1 is 1.33 bits per heavy atom. The van der Waals surface area contributed by atoms with Crippen molar-refractivity contribution in [1.29, 1.82) is 0 Å². The second-order valence-electron chi connectivity index (χ2n) is 5.10. The van der Waals surface area contributed by atoms with Crippen LogP contribution in [0.4, 0.5) is 18.9 Å². The number of rotatable bonds is 5. The van der Waals surface area contributed by atoms with Gasteiger partial charge in [-0.15, -0.1) is 0 Å². The van der Waals surface area contributed by atoms with Crippen molar-refractivity contribution in [2.75, 3.05) is 18.9 Å². The van der Waals surface area contributed by atoms with Gasteiger partial charge < -0.3 is 10.2 Å². The molecule has 0 saturated heterocycles. The van der Waals surface area contributed by atoms with E-state index >= 15 is 0 Å². The van der Waals surface area contributed by atoms with Crippen LogP contribution in [0.15, 0.2) is 18.2 Å². The van der Waals surface area contributed by atoms with Crippen molar-refractivity contribution >= 4 is 11.6 Å². The lowest BCUT2D eigenvalue weighted by Crippen LogP contribution is -2.38. The van der Waals surface area contributed by atoms with Gasteiger partial charge in [0, 0.05) is 25.3 Å². The van der Waals surface area contributed by atoms with E-state index in [2.05, 4.69) is 5.32 Å². The molecule has 0 unspecified atom stereocenters. The minimum atomic E-state index is -4.46. The highest BCUT2D eigenvalue weighted by atomic mass is 19.4. The number of anilines is 1. The largest absolute Gasteiger partial charge is 0.416 e. The number of hydrogen-bond donors (Lipinski definition) is 1.